The number of anilines is 1. The van der Waals surface area contributed by atoms with E-state index >= 15 is 0 Å². The van der Waals surface area contributed by atoms with Crippen molar-refractivity contribution in [3.8, 4) is 0 Å². The van der Waals surface area contributed by atoms with Gasteiger partial charge in [-0.2, -0.15) is 0 Å². The molecule has 5 nitrogen and oxygen atoms in total. The van der Waals surface area contributed by atoms with E-state index in [1.54, 1.807) is 31.2 Å². The lowest BCUT2D eigenvalue weighted by Crippen LogP contribution is -2.25. The predicted octanol–water partition coefficient (Wildman–Crippen LogP) is 3.67. The van der Waals surface area contributed by atoms with Crippen molar-refractivity contribution in [2.24, 2.45) is 0 Å². The molecule has 1 aromatic carbocycles. The van der Waals surface area contributed by atoms with Crippen LogP contribution in [0.15, 0.2) is 41.3 Å². The van der Waals surface area contributed by atoms with E-state index < -0.39 is 9.84 Å². The van der Waals surface area contributed by atoms with E-state index in [1.165, 1.54) is 5.56 Å². The van der Waals surface area contributed by atoms with Gasteiger partial charge < -0.3 is 5.32 Å². The molecule has 1 N–H and O–H groups in total. The van der Waals surface area contributed by atoms with Crippen molar-refractivity contribution < 1.29 is 13.2 Å². The van der Waals surface area contributed by atoms with Crippen LogP contribution in [0.1, 0.15) is 50.4 Å². The molecule has 0 atom stereocenters. The first-order valence-corrected chi connectivity index (χ1v) is 11.0. The van der Waals surface area contributed by atoms with Crippen LogP contribution in [0.3, 0.4) is 0 Å². The zero-order valence-corrected chi connectivity index (χ0v) is 16.9. The van der Waals surface area contributed by atoms with Crippen LogP contribution in [0.5, 0.6) is 0 Å². The lowest BCUT2D eigenvalue weighted by molar-refractivity contribution is -0.115. The first-order valence-electron chi connectivity index (χ1n) is 9.33. The largest absolute Gasteiger partial charge is 0.310 e. The number of hydrogen-bond acceptors (Lipinski definition) is 4. The van der Waals surface area contributed by atoms with E-state index in [0.29, 0.717) is 5.82 Å². The van der Waals surface area contributed by atoms with Crippen LogP contribution in [0, 0.1) is 0 Å². The van der Waals surface area contributed by atoms with Gasteiger partial charge >= 0.3 is 0 Å². The Labute approximate surface area is 161 Å². The molecule has 144 valence electrons. The summed E-state index contributed by atoms with van der Waals surface area (Å²) in [7, 11) is -3.22. The van der Waals surface area contributed by atoms with Crippen molar-refractivity contribution in [1.29, 1.82) is 0 Å². The Morgan fingerprint density at radius 1 is 1.15 bits per heavy atom. The highest BCUT2D eigenvalue weighted by atomic mass is 32.2. The number of carbonyl (C=O) groups excluding carboxylic acids is 1. The second-order valence-corrected chi connectivity index (χ2v) is 9.98. The summed E-state index contributed by atoms with van der Waals surface area (Å²) in [6.07, 6.45) is 3.38. The van der Waals surface area contributed by atoms with E-state index in [-0.39, 0.29) is 28.4 Å². The van der Waals surface area contributed by atoms with Gasteiger partial charge in [-0.05, 0) is 54.0 Å². The number of aromatic nitrogens is 1. The Kier molecular flexibility index (Phi) is 5.38. The van der Waals surface area contributed by atoms with Gasteiger partial charge in [-0.3, -0.25) is 4.79 Å². The molecule has 0 bridgehead atoms. The minimum atomic E-state index is -3.22. The fraction of sp³-hybridized carbons (Fsp3) is 0.429. The summed E-state index contributed by atoms with van der Waals surface area (Å²) in [5.74, 6) is 0.471. The zero-order valence-electron chi connectivity index (χ0n) is 16.1. The standard InChI is InChI=1S/C21H26N2O3S/c1-4-27(25,26)16-9-7-15(8-10-16)14-20(24)23-19-12-11-17-18(22-19)6-5-13-21(17,2)3/h7-12H,4-6,13-14H2,1-3H3,(H,22,23,24). The van der Waals surface area contributed by atoms with Crippen molar-refractivity contribution in [2.75, 3.05) is 11.1 Å². The first-order chi connectivity index (χ1) is 12.7. The molecule has 27 heavy (non-hydrogen) atoms. The number of nitrogens with one attached hydrogen (secondary N) is 1. The van der Waals surface area contributed by atoms with Crippen molar-refractivity contribution in [1.82, 2.24) is 4.98 Å². The molecule has 0 unspecified atom stereocenters. The van der Waals surface area contributed by atoms with Gasteiger partial charge in [0.2, 0.25) is 5.91 Å². The van der Waals surface area contributed by atoms with Gasteiger partial charge in [-0.25, -0.2) is 13.4 Å². The number of amides is 1. The van der Waals surface area contributed by atoms with Crippen LogP contribution in [-0.4, -0.2) is 25.1 Å². The number of sulfone groups is 1. The Morgan fingerprint density at radius 3 is 2.52 bits per heavy atom. The van der Waals surface area contributed by atoms with Crippen LogP contribution in [0.4, 0.5) is 5.82 Å². The normalized spacial score (nSPS) is 15.8. The molecule has 1 aliphatic rings. The highest BCUT2D eigenvalue weighted by molar-refractivity contribution is 7.91. The molecule has 0 saturated heterocycles. The van der Waals surface area contributed by atoms with Crippen LogP contribution in [-0.2, 0) is 32.9 Å². The number of fused-ring (bicyclic) bond motifs is 1. The summed E-state index contributed by atoms with van der Waals surface area (Å²) in [5.41, 5.74) is 3.23. The molecule has 2 aromatic rings. The van der Waals surface area contributed by atoms with E-state index in [4.69, 9.17) is 0 Å². The minimum absolute atomic E-state index is 0.0631. The summed E-state index contributed by atoms with van der Waals surface area (Å²) in [5, 5.41) is 2.86. The third kappa shape index (κ3) is 4.38. The van der Waals surface area contributed by atoms with Crippen molar-refractivity contribution in [3.05, 3.63) is 53.2 Å². The first kappa shape index (κ1) is 19.5. The summed E-state index contributed by atoms with van der Waals surface area (Å²) in [6.45, 7) is 6.07. The average Bonchev–Trinajstić information content (AvgIpc) is 2.61. The number of hydrogen-bond donors (Lipinski definition) is 1. The summed E-state index contributed by atoms with van der Waals surface area (Å²) >= 11 is 0. The molecule has 0 aliphatic heterocycles. The lowest BCUT2D eigenvalue weighted by atomic mass is 9.74. The fourth-order valence-corrected chi connectivity index (χ4v) is 4.45. The van der Waals surface area contributed by atoms with Gasteiger partial charge in [-0.1, -0.05) is 39.0 Å². The van der Waals surface area contributed by atoms with Crippen molar-refractivity contribution >= 4 is 21.6 Å². The van der Waals surface area contributed by atoms with E-state index in [1.807, 2.05) is 6.07 Å². The molecule has 1 aromatic heterocycles. The number of aryl methyl sites for hydroxylation is 1. The third-order valence-corrected chi connectivity index (χ3v) is 6.96. The maximum absolute atomic E-state index is 12.3. The second kappa shape index (κ2) is 7.43. The van der Waals surface area contributed by atoms with Gasteiger partial charge in [0.05, 0.1) is 17.1 Å². The number of carbonyl (C=O) groups is 1. The van der Waals surface area contributed by atoms with Crippen LogP contribution < -0.4 is 5.32 Å². The molecule has 1 aliphatic carbocycles. The number of benzene rings is 1. The van der Waals surface area contributed by atoms with Gasteiger partial charge in [0.15, 0.2) is 9.84 Å². The van der Waals surface area contributed by atoms with Crippen LogP contribution >= 0.6 is 0 Å². The van der Waals surface area contributed by atoms with Crippen LogP contribution in [0.25, 0.3) is 0 Å². The SMILES string of the molecule is CCS(=O)(=O)c1ccc(CC(=O)Nc2ccc3c(n2)CCCC3(C)C)cc1. The number of pyridine rings is 1. The topological polar surface area (TPSA) is 76.1 Å². The smallest absolute Gasteiger partial charge is 0.229 e. The Morgan fingerprint density at radius 2 is 1.85 bits per heavy atom. The molecule has 6 heteroatoms. The maximum Gasteiger partial charge on any atom is 0.229 e. The Hall–Kier alpha value is -2.21. The van der Waals surface area contributed by atoms with Crippen molar-refractivity contribution in [3.63, 3.8) is 0 Å². The zero-order chi connectivity index (χ0) is 19.7. The third-order valence-electron chi connectivity index (χ3n) is 5.21. The Balaban J connectivity index is 1.68. The minimum Gasteiger partial charge on any atom is -0.310 e. The van der Waals surface area contributed by atoms with E-state index in [9.17, 15) is 13.2 Å². The van der Waals surface area contributed by atoms with Gasteiger partial charge in [0.25, 0.3) is 0 Å². The summed E-state index contributed by atoms with van der Waals surface area (Å²) in [4.78, 5) is 17.3. The molecule has 1 heterocycles. The molecule has 0 radical (unpaired) electrons. The maximum atomic E-state index is 12.3. The summed E-state index contributed by atoms with van der Waals surface area (Å²) < 4.78 is 23.7. The lowest BCUT2D eigenvalue weighted by Gasteiger charge is -2.31. The monoisotopic (exact) mass is 386 g/mol. The molecule has 3 rings (SSSR count). The Bertz CT molecular complexity index is 948. The quantitative estimate of drug-likeness (QED) is 0.851. The molecule has 0 spiro atoms. The average molecular weight is 387 g/mol. The second-order valence-electron chi connectivity index (χ2n) is 7.70. The summed E-state index contributed by atoms with van der Waals surface area (Å²) in [6, 6.07) is 10.4. The number of rotatable bonds is 5. The van der Waals surface area contributed by atoms with Gasteiger partial charge in [0, 0.05) is 5.69 Å². The molecule has 0 fully saturated rings. The fourth-order valence-electron chi connectivity index (χ4n) is 3.56. The van der Waals surface area contributed by atoms with E-state index in [0.717, 1.165) is 30.5 Å². The van der Waals surface area contributed by atoms with Gasteiger partial charge in [-0.15, -0.1) is 0 Å². The highest BCUT2D eigenvalue weighted by Gasteiger charge is 2.28. The number of nitrogens with zero attached hydrogens (tertiary/aromatic N) is 1. The predicted molar refractivity (Wildman–Crippen MR) is 107 cm³/mol. The van der Waals surface area contributed by atoms with E-state index in [2.05, 4.69) is 30.2 Å². The molecule has 0 saturated carbocycles. The highest BCUT2D eigenvalue weighted by Crippen LogP contribution is 2.36. The van der Waals surface area contributed by atoms with Crippen LogP contribution in [0.2, 0.25) is 0 Å². The van der Waals surface area contributed by atoms with Crippen molar-refractivity contribution in [2.45, 2.75) is 56.8 Å². The van der Waals surface area contributed by atoms with Gasteiger partial charge in [0.1, 0.15) is 5.82 Å². The molecule has 1 amide bonds. The molecular formula is C21H26N2O3S. The molecular weight excluding hydrogens is 360 g/mol.